The van der Waals surface area contributed by atoms with Crippen LogP contribution in [0.25, 0.3) is 11.4 Å². The van der Waals surface area contributed by atoms with Crippen molar-refractivity contribution < 1.29 is 17.9 Å². The molecule has 0 radical (unpaired) electrons. The van der Waals surface area contributed by atoms with Gasteiger partial charge in [-0.25, -0.2) is 17.5 Å². The second kappa shape index (κ2) is 7.00. The number of nitrogens with one attached hydrogen (secondary N) is 1. The van der Waals surface area contributed by atoms with Crippen molar-refractivity contribution in [2.45, 2.75) is 29.9 Å². The van der Waals surface area contributed by atoms with E-state index in [-0.39, 0.29) is 18.0 Å². The number of benzene rings is 1. The van der Waals surface area contributed by atoms with Crippen LogP contribution in [0.15, 0.2) is 47.5 Å². The molecule has 2 heterocycles. The van der Waals surface area contributed by atoms with Gasteiger partial charge in [0.15, 0.2) is 0 Å². The highest BCUT2D eigenvalue weighted by atomic mass is 32.2. The van der Waals surface area contributed by atoms with Crippen molar-refractivity contribution in [2.75, 3.05) is 6.54 Å². The van der Waals surface area contributed by atoms with Crippen LogP contribution in [0, 0.1) is 5.82 Å². The van der Waals surface area contributed by atoms with Gasteiger partial charge in [0.25, 0.3) is 0 Å². The van der Waals surface area contributed by atoms with Gasteiger partial charge in [0.1, 0.15) is 12.4 Å². The van der Waals surface area contributed by atoms with Crippen molar-refractivity contribution in [1.29, 1.82) is 0 Å². The van der Waals surface area contributed by atoms with Gasteiger partial charge in [-0.15, -0.1) is 10.2 Å². The summed E-state index contributed by atoms with van der Waals surface area (Å²) in [6.45, 7) is 0.233. The molecule has 9 nitrogen and oxygen atoms in total. The largest absolute Gasteiger partial charge is 0.389 e. The molecule has 4 rings (SSSR count). The lowest BCUT2D eigenvalue weighted by Crippen LogP contribution is -2.33. The standard InChI is InChI=1S/C17H17FN6O3S/c18-13-3-4-14(19-9-13)10-24-22-16(21-23-24)12-1-5-15(6-2-12)28(26,27)20-11-17(25)7-8-17/h1-6,9,20,25H,7-8,10-11H2. The first-order valence-corrected chi connectivity index (χ1v) is 10.0. The van der Waals surface area contributed by atoms with E-state index in [0.717, 1.165) is 6.20 Å². The van der Waals surface area contributed by atoms with Crippen LogP contribution in [0.4, 0.5) is 4.39 Å². The summed E-state index contributed by atoms with van der Waals surface area (Å²) in [7, 11) is -3.70. The summed E-state index contributed by atoms with van der Waals surface area (Å²) in [6, 6.07) is 8.88. The molecule has 2 N–H and O–H groups in total. The first kappa shape index (κ1) is 18.6. The zero-order valence-corrected chi connectivity index (χ0v) is 15.5. The average Bonchev–Trinajstić information content (AvgIpc) is 3.24. The highest BCUT2D eigenvalue weighted by molar-refractivity contribution is 7.89. The minimum Gasteiger partial charge on any atom is -0.389 e. The van der Waals surface area contributed by atoms with Crippen molar-refractivity contribution in [1.82, 2.24) is 29.9 Å². The normalized spacial score (nSPS) is 15.5. The molecule has 0 amide bonds. The maximum Gasteiger partial charge on any atom is 0.240 e. The summed E-state index contributed by atoms with van der Waals surface area (Å²) in [5, 5.41) is 21.9. The Labute approximate surface area is 160 Å². The maximum absolute atomic E-state index is 12.9. The number of rotatable bonds is 7. The van der Waals surface area contributed by atoms with Crippen LogP contribution in [0.2, 0.25) is 0 Å². The van der Waals surface area contributed by atoms with Gasteiger partial charge in [-0.1, -0.05) is 0 Å². The van der Waals surface area contributed by atoms with E-state index in [1.807, 2.05) is 0 Å². The number of tetrazole rings is 1. The molecule has 1 aliphatic carbocycles. The quantitative estimate of drug-likeness (QED) is 0.595. The van der Waals surface area contributed by atoms with Crippen LogP contribution in [0.3, 0.4) is 0 Å². The van der Waals surface area contributed by atoms with Crippen molar-refractivity contribution in [2.24, 2.45) is 0 Å². The van der Waals surface area contributed by atoms with Crippen LogP contribution >= 0.6 is 0 Å². The molecule has 0 bridgehead atoms. The van der Waals surface area contributed by atoms with Gasteiger partial charge >= 0.3 is 0 Å². The molecule has 11 heteroatoms. The Hall–Kier alpha value is -2.76. The lowest BCUT2D eigenvalue weighted by Gasteiger charge is -2.10. The number of halogens is 1. The van der Waals surface area contributed by atoms with Crippen molar-refractivity contribution in [3.8, 4) is 11.4 Å². The Morgan fingerprint density at radius 3 is 2.57 bits per heavy atom. The minimum absolute atomic E-state index is 0.00435. The van der Waals surface area contributed by atoms with Gasteiger partial charge in [-0.05, 0) is 54.5 Å². The Morgan fingerprint density at radius 1 is 1.18 bits per heavy atom. The average molecular weight is 404 g/mol. The molecule has 0 atom stereocenters. The van der Waals surface area contributed by atoms with E-state index in [1.165, 1.54) is 29.1 Å². The lowest BCUT2D eigenvalue weighted by molar-refractivity contribution is 0.155. The second-order valence-corrected chi connectivity index (χ2v) is 8.45. The Morgan fingerprint density at radius 2 is 1.93 bits per heavy atom. The highest BCUT2D eigenvalue weighted by Gasteiger charge is 2.41. The third kappa shape index (κ3) is 4.21. The fraction of sp³-hybridized carbons (Fsp3) is 0.294. The highest BCUT2D eigenvalue weighted by Crippen LogP contribution is 2.34. The van der Waals surface area contributed by atoms with Gasteiger partial charge in [-0.3, -0.25) is 4.98 Å². The summed E-state index contributed by atoms with van der Waals surface area (Å²) in [5.41, 5.74) is 0.266. The molecule has 28 heavy (non-hydrogen) atoms. The topological polar surface area (TPSA) is 123 Å². The van der Waals surface area contributed by atoms with Crippen LogP contribution in [-0.2, 0) is 16.6 Å². The van der Waals surface area contributed by atoms with E-state index in [9.17, 15) is 17.9 Å². The van der Waals surface area contributed by atoms with Crippen molar-refractivity contribution in [3.63, 3.8) is 0 Å². The van der Waals surface area contributed by atoms with Crippen LogP contribution in [-0.4, -0.2) is 50.9 Å². The van der Waals surface area contributed by atoms with Crippen LogP contribution in [0.5, 0.6) is 0 Å². The molecule has 1 aromatic carbocycles. The molecule has 0 unspecified atom stereocenters. The predicted molar refractivity (Wildman–Crippen MR) is 95.9 cm³/mol. The molecule has 146 valence electrons. The molecule has 0 spiro atoms. The van der Waals surface area contributed by atoms with Crippen molar-refractivity contribution >= 4 is 10.0 Å². The first-order chi connectivity index (χ1) is 13.3. The third-order valence-electron chi connectivity index (χ3n) is 4.39. The van der Waals surface area contributed by atoms with E-state index in [1.54, 1.807) is 12.1 Å². The number of aromatic nitrogens is 5. The zero-order chi connectivity index (χ0) is 19.8. The SMILES string of the molecule is O=S(=O)(NCC1(O)CC1)c1ccc(-c2nnn(Cc3ccc(F)cn3)n2)cc1. The molecule has 1 aliphatic rings. The van der Waals surface area contributed by atoms with Gasteiger partial charge < -0.3 is 5.11 Å². The number of hydrogen-bond acceptors (Lipinski definition) is 7. The van der Waals surface area contributed by atoms with E-state index in [2.05, 4.69) is 25.1 Å². The smallest absolute Gasteiger partial charge is 0.240 e. The Kier molecular flexibility index (Phi) is 4.65. The first-order valence-electron chi connectivity index (χ1n) is 8.54. The summed E-state index contributed by atoms with van der Waals surface area (Å²) in [6.07, 6.45) is 2.31. The molecule has 0 saturated heterocycles. The summed E-state index contributed by atoms with van der Waals surface area (Å²) < 4.78 is 39.9. The molecule has 2 aromatic heterocycles. The second-order valence-electron chi connectivity index (χ2n) is 6.68. The number of pyridine rings is 1. The van der Waals surface area contributed by atoms with E-state index in [4.69, 9.17) is 0 Å². The van der Waals surface area contributed by atoms with Crippen molar-refractivity contribution in [3.05, 3.63) is 54.1 Å². The van der Waals surface area contributed by atoms with Gasteiger partial charge in [0, 0.05) is 12.1 Å². The van der Waals surface area contributed by atoms with Crippen LogP contribution < -0.4 is 4.72 Å². The van der Waals surface area contributed by atoms with Gasteiger partial charge in [-0.2, -0.15) is 4.80 Å². The lowest BCUT2D eigenvalue weighted by atomic mass is 10.2. The van der Waals surface area contributed by atoms with Gasteiger partial charge in [0.05, 0.1) is 22.4 Å². The minimum atomic E-state index is -3.70. The van der Waals surface area contributed by atoms with E-state index in [0.29, 0.717) is 29.9 Å². The summed E-state index contributed by atoms with van der Waals surface area (Å²) >= 11 is 0. The predicted octanol–water partition coefficient (Wildman–Crippen LogP) is 0.726. The molecule has 1 saturated carbocycles. The molecule has 3 aromatic rings. The molecular weight excluding hydrogens is 387 g/mol. The zero-order valence-electron chi connectivity index (χ0n) is 14.7. The fourth-order valence-electron chi connectivity index (χ4n) is 2.49. The van der Waals surface area contributed by atoms with E-state index < -0.39 is 21.4 Å². The maximum atomic E-state index is 12.9. The molecular formula is C17H17FN6O3S. The monoisotopic (exact) mass is 404 g/mol. The van der Waals surface area contributed by atoms with E-state index >= 15 is 0 Å². The Balaban J connectivity index is 1.45. The number of aliphatic hydroxyl groups is 1. The number of sulfonamides is 1. The number of nitrogens with zero attached hydrogens (tertiary/aromatic N) is 5. The van der Waals surface area contributed by atoms with Gasteiger partial charge in [0.2, 0.25) is 15.8 Å². The summed E-state index contributed by atoms with van der Waals surface area (Å²) in [5.74, 6) is -0.0990. The molecule has 1 fully saturated rings. The number of hydrogen-bond donors (Lipinski definition) is 2. The summed E-state index contributed by atoms with van der Waals surface area (Å²) in [4.78, 5) is 5.34. The van der Waals surface area contributed by atoms with Crippen LogP contribution in [0.1, 0.15) is 18.5 Å². The Bertz CT molecular complexity index is 1080. The third-order valence-corrected chi connectivity index (χ3v) is 5.80. The molecule has 0 aliphatic heterocycles. The fourth-order valence-corrected chi connectivity index (χ4v) is 3.61.